The number of aryl methyl sites for hydroxylation is 2. The van der Waals surface area contributed by atoms with Crippen LogP contribution in [-0.2, 0) is 17.6 Å². The van der Waals surface area contributed by atoms with Gasteiger partial charge in [0.05, 0.1) is 5.75 Å². The lowest BCUT2D eigenvalue weighted by Crippen LogP contribution is -2.35. The number of benzene rings is 1. The lowest BCUT2D eigenvalue weighted by atomic mass is 9.90. The predicted molar refractivity (Wildman–Crippen MR) is 87.7 cm³/mol. The largest absolute Gasteiger partial charge is 0.396 e. The zero-order chi connectivity index (χ0) is 15.3. The van der Waals surface area contributed by atoms with Gasteiger partial charge in [0.25, 0.3) is 0 Å². The van der Waals surface area contributed by atoms with Crippen molar-refractivity contribution in [2.45, 2.75) is 44.4 Å². The third-order valence-electron chi connectivity index (χ3n) is 3.99. The van der Waals surface area contributed by atoms with Gasteiger partial charge < -0.3 is 10.4 Å². The van der Waals surface area contributed by atoms with E-state index >= 15 is 0 Å². The van der Waals surface area contributed by atoms with E-state index in [4.69, 9.17) is 5.11 Å². The van der Waals surface area contributed by atoms with Crippen molar-refractivity contribution in [2.75, 3.05) is 18.9 Å². The zero-order valence-corrected chi connectivity index (χ0v) is 13.8. The van der Waals surface area contributed by atoms with Gasteiger partial charge in [-0.25, -0.2) is 0 Å². The summed E-state index contributed by atoms with van der Waals surface area (Å²) in [6.45, 7) is 4.87. The first-order chi connectivity index (χ1) is 10.00. The molecule has 0 saturated carbocycles. The quantitative estimate of drug-likeness (QED) is 0.762. The number of aliphatic hydroxyl groups excluding tert-OH is 1. The highest BCUT2D eigenvalue weighted by atomic mass is 32.2. The molecule has 0 aliphatic heterocycles. The Morgan fingerprint density at radius 3 is 2.86 bits per heavy atom. The third kappa shape index (κ3) is 5.04. The van der Waals surface area contributed by atoms with Crippen molar-refractivity contribution >= 4 is 17.7 Å². The topological polar surface area (TPSA) is 49.3 Å². The van der Waals surface area contributed by atoms with Gasteiger partial charge in [-0.05, 0) is 54.4 Å². The van der Waals surface area contributed by atoms with Crippen LogP contribution in [0.3, 0.4) is 0 Å². The molecular formula is C17H25NO2S. The van der Waals surface area contributed by atoms with Crippen molar-refractivity contribution in [3.05, 3.63) is 29.3 Å². The molecule has 1 aliphatic rings. The zero-order valence-electron chi connectivity index (χ0n) is 12.9. The number of fused-ring (bicyclic) bond motifs is 1. The SMILES string of the molecule is CC(C)(CCO)CNC(=O)CSc1ccc2c(c1)CCC2. The third-order valence-corrected chi connectivity index (χ3v) is 4.99. The Hall–Kier alpha value is -1.00. The fourth-order valence-electron chi connectivity index (χ4n) is 2.57. The summed E-state index contributed by atoms with van der Waals surface area (Å²) in [5, 5.41) is 11.9. The second-order valence-electron chi connectivity index (χ2n) is 6.49. The molecule has 1 amide bonds. The maximum atomic E-state index is 11.9. The molecule has 21 heavy (non-hydrogen) atoms. The lowest BCUT2D eigenvalue weighted by molar-refractivity contribution is -0.119. The fraction of sp³-hybridized carbons (Fsp3) is 0.588. The maximum Gasteiger partial charge on any atom is 0.230 e. The number of aliphatic hydroxyl groups is 1. The van der Waals surface area contributed by atoms with Crippen molar-refractivity contribution in [1.82, 2.24) is 5.32 Å². The Balaban J connectivity index is 1.76. The van der Waals surface area contributed by atoms with Crippen LogP contribution in [-0.4, -0.2) is 29.9 Å². The van der Waals surface area contributed by atoms with Crippen LogP contribution in [0.25, 0.3) is 0 Å². The number of amides is 1. The minimum Gasteiger partial charge on any atom is -0.396 e. The van der Waals surface area contributed by atoms with E-state index in [1.807, 2.05) is 0 Å². The number of carbonyl (C=O) groups is 1. The number of nitrogens with one attached hydrogen (secondary N) is 1. The van der Waals surface area contributed by atoms with Crippen LogP contribution in [0.1, 0.15) is 37.8 Å². The molecule has 3 nitrogen and oxygen atoms in total. The highest BCUT2D eigenvalue weighted by molar-refractivity contribution is 8.00. The molecular weight excluding hydrogens is 282 g/mol. The molecule has 0 atom stereocenters. The number of hydrogen-bond donors (Lipinski definition) is 2. The van der Waals surface area contributed by atoms with Crippen molar-refractivity contribution in [3.63, 3.8) is 0 Å². The van der Waals surface area contributed by atoms with Crippen LogP contribution >= 0.6 is 11.8 Å². The van der Waals surface area contributed by atoms with E-state index in [9.17, 15) is 4.79 Å². The summed E-state index contributed by atoms with van der Waals surface area (Å²) < 4.78 is 0. The molecule has 0 spiro atoms. The van der Waals surface area contributed by atoms with E-state index in [-0.39, 0.29) is 17.9 Å². The number of carbonyl (C=O) groups excluding carboxylic acids is 1. The van der Waals surface area contributed by atoms with Gasteiger partial charge in [0, 0.05) is 18.0 Å². The Morgan fingerprint density at radius 2 is 2.10 bits per heavy atom. The van der Waals surface area contributed by atoms with Gasteiger partial charge in [0.2, 0.25) is 5.91 Å². The summed E-state index contributed by atoms with van der Waals surface area (Å²) in [5.41, 5.74) is 2.86. The van der Waals surface area contributed by atoms with Gasteiger partial charge in [-0.3, -0.25) is 4.79 Å². The summed E-state index contributed by atoms with van der Waals surface area (Å²) in [6.07, 6.45) is 4.32. The first-order valence-corrected chi connectivity index (χ1v) is 8.61. The molecule has 0 fully saturated rings. The molecule has 1 aliphatic carbocycles. The molecule has 0 unspecified atom stereocenters. The Kier molecular flexibility index (Phi) is 5.71. The Labute approximate surface area is 131 Å². The van der Waals surface area contributed by atoms with Gasteiger partial charge in [0.15, 0.2) is 0 Å². The highest BCUT2D eigenvalue weighted by Gasteiger charge is 2.18. The lowest BCUT2D eigenvalue weighted by Gasteiger charge is -2.23. The summed E-state index contributed by atoms with van der Waals surface area (Å²) in [4.78, 5) is 13.1. The number of rotatable bonds is 7. The average molecular weight is 307 g/mol. The molecule has 1 aromatic carbocycles. The van der Waals surface area contributed by atoms with Crippen molar-refractivity contribution in [1.29, 1.82) is 0 Å². The van der Waals surface area contributed by atoms with Gasteiger partial charge in [-0.15, -0.1) is 11.8 Å². The van der Waals surface area contributed by atoms with Crippen LogP contribution in [0.4, 0.5) is 0 Å². The second-order valence-corrected chi connectivity index (χ2v) is 7.54. The summed E-state index contributed by atoms with van der Waals surface area (Å²) in [6, 6.07) is 6.56. The van der Waals surface area contributed by atoms with E-state index in [1.54, 1.807) is 11.8 Å². The molecule has 4 heteroatoms. The van der Waals surface area contributed by atoms with E-state index in [0.717, 1.165) is 0 Å². The molecule has 0 saturated heterocycles. The van der Waals surface area contributed by atoms with Gasteiger partial charge >= 0.3 is 0 Å². The monoisotopic (exact) mass is 307 g/mol. The Morgan fingerprint density at radius 1 is 1.33 bits per heavy atom. The van der Waals surface area contributed by atoms with Crippen LogP contribution in [0.5, 0.6) is 0 Å². The average Bonchev–Trinajstić information content (AvgIpc) is 2.90. The van der Waals surface area contributed by atoms with Crippen molar-refractivity contribution in [3.8, 4) is 0 Å². The van der Waals surface area contributed by atoms with Crippen LogP contribution in [0.2, 0.25) is 0 Å². The first-order valence-electron chi connectivity index (χ1n) is 7.62. The second kappa shape index (κ2) is 7.32. The van der Waals surface area contributed by atoms with Crippen LogP contribution in [0, 0.1) is 5.41 Å². The number of hydrogen-bond acceptors (Lipinski definition) is 3. The van der Waals surface area contributed by atoms with E-state index in [1.165, 1.54) is 35.3 Å². The van der Waals surface area contributed by atoms with Crippen LogP contribution in [0.15, 0.2) is 23.1 Å². The van der Waals surface area contributed by atoms with Gasteiger partial charge in [-0.1, -0.05) is 19.9 Å². The predicted octanol–water partition coefficient (Wildman–Crippen LogP) is 2.79. The molecule has 0 radical (unpaired) electrons. The normalized spacial score (nSPS) is 14.0. The number of thioether (sulfide) groups is 1. The molecule has 1 aromatic rings. The van der Waals surface area contributed by atoms with Crippen LogP contribution < -0.4 is 5.32 Å². The smallest absolute Gasteiger partial charge is 0.230 e. The molecule has 116 valence electrons. The molecule has 2 N–H and O–H groups in total. The van der Waals surface area contributed by atoms with Crippen molar-refractivity contribution < 1.29 is 9.90 Å². The standard InChI is InChI=1S/C17H25NO2S/c1-17(2,8-9-19)12-18-16(20)11-21-15-7-6-13-4-3-5-14(13)10-15/h6-7,10,19H,3-5,8-9,11-12H2,1-2H3,(H,18,20). The van der Waals surface area contributed by atoms with Crippen molar-refractivity contribution in [2.24, 2.45) is 5.41 Å². The molecule has 2 rings (SSSR count). The first kappa shape index (κ1) is 16.4. The van der Waals surface area contributed by atoms with E-state index in [2.05, 4.69) is 37.4 Å². The van der Waals surface area contributed by atoms with Gasteiger partial charge in [-0.2, -0.15) is 0 Å². The van der Waals surface area contributed by atoms with E-state index in [0.29, 0.717) is 18.7 Å². The summed E-state index contributed by atoms with van der Waals surface area (Å²) in [5.74, 6) is 0.514. The molecule has 0 bridgehead atoms. The Bertz CT molecular complexity index is 500. The highest BCUT2D eigenvalue weighted by Crippen LogP contribution is 2.27. The molecule has 0 aromatic heterocycles. The fourth-order valence-corrected chi connectivity index (χ4v) is 3.36. The van der Waals surface area contributed by atoms with Gasteiger partial charge in [0.1, 0.15) is 0 Å². The minimum absolute atomic E-state index is 0.0529. The molecule has 0 heterocycles. The summed E-state index contributed by atoms with van der Waals surface area (Å²) >= 11 is 1.60. The minimum atomic E-state index is -0.0529. The summed E-state index contributed by atoms with van der Waals surface area (Å²) in [7, 11) is 0. The maximum absolute atomic E-state index is 11.9. The van der Waals surface area contributed by atoms with E-state index < -0.39 is 0 Å².